The standard InChI is InChI=1S/C8H15NO/c1-2-3-4-9-5-7-10-8-6-9/h2-3H,4-8H2,1H3/b3-2-. The topological polar surface area (TPSA) is 12.5 Å². The molecule has 1 rings (SSSR count). The van der Waals surface area contributed by atoms with Crippen molar-refractivity contribution < 1.29 is 4.74 Å². The van der Waals surface area contributed by atoms with Crippen LogP contribution in [0.1, 0.15) is 6.92 Å². The summed E-state index contributed by atoms with van der Waals surface area (Å²) in [6, 6.07) is 0. The van der Waals surface area contributed by atoms with E-state index in [9.17, 15) is 0 Å². The number of hydrogen-bond donors (Lipinski definition) is 0. The van der Waals surface area contributed by atoms with E-state index >= 15 is 0 Å². The zero-order valence-electron chi connectivity index (χ0n) is 6.55. The van der Waals surface area contributed by atoms with Crippen molar-refractivity contribution in [1.82, 2.24) is 4.90 Å². The number of nitrogens with zero attached hydrogens (tertiary/aromatic N) is 1. The fourth-order valence-electron chi connectivity index (χ4n) is 1.04. The Labute approximate surface area is 62.5 Å². The van der Waals surface area contributed by atoms with Crippen LogP contribution >= 0.6 is 0 Å². The van der Waals surface area contributed by atoms with Gasteiger partial charge in [0.15, 0.2) is 0 Å². The van der Waals surface area contributed by atoms with Crippen molar-refractivity contribution in [3.63, 3.8) is 0 Å². The minimum absolute atomic E-state index is 0.900. The molecule has 0 amide bonds. The van der Waals surface area contributed by atoms with Gasteiger partial charge in [-0.05, 0) is 6.92 Å². The molecule has 1 saturated heterocycles. The molecule has 0 aliphatic carbocycles. The van der Waals surface area contributed by atoms with Crippen LogP contribution in [-0.2, 0) is 4.74 Å². The Morgan fingerprint density at radius 2 is 2.10 bits per heavy atom. The molecule has 58 valence electrons. The predicted molar refractivity (Wildman–Crippen MR) is 42.1 cm³/mol. The maximum absolute atomic E-state index is 5.21. The van der Waals surface area contributed by atoms with Gasteiger partial charge < -0.3 is 4.74 Å². The normalized spacial score (nSPS) is 22.1. The summed E-state index contributed by atoms with van der Waals surface area (Å²) in [5.74, 6) is 0. The third-order valence-corrected chi connectivity index (χ3v) is 1.70. The Hall–Kier alpha value is -0.340. The number of morpholine rings is 1. The van der Waals surface area contributed by atoms with Crippen LogP contribution < -0.4 is 0 Å². The van der Waals surface area contributed by atoms with Crippen molar-refractivity contribution in [2.24, 2.45) is 0 Å². The SMILES string of the molecule is C/C=C\CN1CCOCC1. The molecule has 0 aromatic carbocycles. The van der Waals surface area contributed by atoms with Crippen LogP contribution in [0.5, 0.6) is 0 Å². The highest BCUT2D eigenvalue weighted by Gasteiger charge is 2.06. The van der Waals surface area contributed by atoms with Crippen molar-refractivity contribution in [3.05, 3.63) is 12.2 Å². The van der Waals surface area contributed by atoms with Crippen molar-refractivity contribution in [1.29, 1.82) is 0 Å². The number of rotatable bonds is 2. The van der Waals surface area contributed by atoms with Gasteiger partial charge in [0.05, 0.1) is 13.2 Å². The number of allylic oxidation sites excluding steroid dienone is 1. The summed E-state index contributed by atoms with van der Waals surface area (Å²) in [5.41, 5.74) is 0. The molecule has 1 heterocycles. The lowest BCUT2D eigenvalue weighted by Crippen LogP contribution is -2.36. The monoisotopic (exact) mass is 141 g/mol. The quantitative estimate of drug-likeness (QED) is 0.530. The lowest BCUT2D eigenvalue weighted by atomic mass is 10.4. The molecule has 2 heteroatoms. The highest BCUT2D eigenvalue weighted by molar-refractivity contribution is 4.81. The van der Waals surface area contributed by atoms with Crippen LogP contribution in [0.15, 0.2) is 12.2 Å². The fraction of sp³-hybridized carbons (Fsp3) is 0.750. The van der Waals surface area contributed by atoms with E-state index in [1.54, 1.807) is 0 Å². The molecule has 0 radical (unpaired) electrons. The molecule has 10 heavy (non-hydrogen) atoms. The summed E-state index contributed by atoms with van der Waals surface area (Å²) in [7, 11) is 0. The van der Waals surface area contributed by atoms with Gasteiger partial charge in [-0.25, -0.2) is 0 Å². The molecule has 2 nitrogen and oxygen atoms in total. The molecule has 0 N–H and O–H groups in total. The molecule has 0 unspecified atom stereocenters. The van der Waals surface area contributed by atoms with Crippen molar-refractivity contribution in [2.75, 3.05) is 32.8 Å². The van der Waals surface area contributed by atoms with Crippen LogP contribution in [0.2, 0.25) is 0 Å². The van der Waals surface area contributed by atoms with Gasteiger partial charge in [0, 0.05) is 19.6 Å². The largest absolute Gasteiger partial charge is 0.379 e. The summed E-state index contributed by atoms with van der Waals surface area (Å²) < 4.78 is 5.21. The van der Waals surface area contributed by atoms with Gasteiger partial charge in [-0.2, -0.15) is 0 Å². The van der Waals surface area contributed by atoms with Crippen molar-refractivity contribution in [2.45, 2.75) is 6.92 Å². The third kappa shape index (κ3) is 2.50. The maximum Gasteiger partial charge on any atom is 0.0594 e. The molecule has 0 aromatic rings. The first-order valence-electron chi connectivity index (χ1n) is 3.84. The van der Waals surface area contributed by atoms with Crippen LogP contribution in [-0.4, -0.2) is 37.7 Å². The van der Waals surface area contributed by atoms with Gasteiger partial charge in [-0.3, -0.25) is 4.90 Å². The minimum atomic E-state index is 0.900. The van der Waals surface area contributed by atoms with Crippen LogP contribution in [0.4, 0.5) is 0 Å². The molecule has 0 bridgehead atoms. The number of ether oxygens (including phenoxy) is 1. The Morgan fingerprint density at radius 3 is 2.70 bits per heavy atom. The lowest BCUT2D eigenvalue weighted by molar-refractivity contribution is 0.0434. The smallest absolute Gasteiger partial charge is 0.0594 e. The molecule has 1 aliphatic heterocycles. The second kappa shape index (κ2) is 4.47. The van der Waals surface area contributed by atoms with E-state index in [4.69, 9.17) is 4.74 Å². The zero-order chi connectivity index (χ0) is 7.23. The number of hydrogen-bond acceptors (Lipinski definition) is 2. The summed E-state index contributed by atoms with van der Waals surface area (Å²) >= 11 is 0. The predicted octanol–water partition coefficient (Wildman–Crippen LogP) is 0.895. The first kappa shape index (κ1) is 7.76. The van der Waals surface area contributed by atoms with Gasteiger partial charge >= 0.3 is 0 Å². The van der Waals surface area contributed by atoms with Crippen molar-refractivity contribution >= 4 is 0 Å². The van der Waals surface area contributed by atoms with E-state index in [0.717, 1.165) is 32.8 Å². The molecular weight excluding hydrogens is 126 g/mol. The van der Waals surface area contributed by atoms with E-state index in [-0.39, 0.29) is 0 Å². The van der Waals surface area contributed by atoms with Gasteiger partial charge in [0.2, 0.25) is 0 Å². The Morgan fingerprint density at radius 1 is 1.40 bits per heavy atom. The first-order chi connectivity index (χ1) is 4.93. The van der Waals surface area contributed by atoms with E-state index < -0.39 is 0 Å². The van der Waals surface area contributed by atoms with Crippen LogP contribution in [0.3, 0.4) is 0 Å². The van der Waals surface area contributed by atoms with E-state index in [1.165, 1.54) is 0 Å². The van der Waals surface area contributed by atoms with E-state index in [1.807, 2.05) is 0 Å². The van der Waals surface area contributed by atoms with Crippen LogP contribution in [0.25, 0.3) is 0 Å². The summed E-state index contributed by atoms with van der Waals surface area (Å²) in [4.78, 5) is 2.39. The molecular formula is C8H15NO. The third-order valence-electron chi connectivity index (χ3n) is 1.70. The fourth-order valence-corrected chi connectivity index (χ4v) is 1.04. The highest BCUT2D eigenvalue weighted by Crippen LogP contribution is 1.95. The Bertz CT molecular complexity index is 106. The minimum Gasteiger partial charge on any atom is -0.379 e. The van der Waals surface area contributed by atoms with Gasteiger partial charge in [0.25, 0.3) is 0 Å². The molecule has 1 aliphatic rings. The zero-order valence-corrected chi connectivity index (χ0v) is 6.55. The average Bonchev–Trinajstić information content (AvgIpc) is 2.03. The maximum atomic E-state index is 5.21. The van der Waals surface area contributed by atoms with Crippen molar-refractivity contribution in [3.8, 4) is 0 Å². The molecule has 0 spiro atoms. The summed E-state index contributed by atoms with van der Waals surface area (Å²) in [6.45, 7) is 7.12. The molecule has 0 aromatic heterocycles. The molecule has 0 saturated carbocycles. The van der Waals surface area contributed by atoms with Gasteiger partial charge in [-0.15, -0.1) is 0 Å². The highest BCUT2D eigenvalue weighted by atomic mass is 16.5. The summed E-state index contributed by atoms with van der Waals surface area (Å²) in [6.07, 6.45) is 4.28. The first-order valence-corrected chi connectivity index (χ1v) is 3.84. The van der Waals surface area contributed by atoms with Gasteiger partial charge in [-0.1, -0.05) is 12.2 Å². The molecule has 0 atom stereocenters. The lowest BCUT2D eigenvalue weighted by Gasteiger charge is -2.24. The van der Waals surface area contributed by atoms with E-state index in [2.05, 4.69) is 24.0 Å². The summed E-state index contributed by atoms with van der Waals surface area (Å²) in [5, 5.41) is 0. The average molecular weight is 141 g/mol. The second-order valence-electron chi connectivity index (χ2n) is 2.48. The second-order valence-corrected chi connectivity index (χ2v) is 2.48. The van der Waals surface area contributed by atoms with E-state index in [0.29, 0.717) is 0 Å². The molecule has 1 fully saturated rings. The van der Waals surface area contributed by atoms with Gasteiger partial charge in [0.1, 0.15) is 0 Å². The Kier molecular flexibility index (Phi) is 3.47. The Balaban J connectivity index is 2.13. The van der Waals surface area contributed by atoms with Crippen LogP contribution in [0, 0.1) is 0 Å².